The first-order valence-corrected chi connectivity index (χ1v) is 19.6. The smallest absolute Gasteiger partial charge is 0.463 e. The molecule has 0 aliphatic heterocycles. The van der Waals surface area contributed by atoms with Gasteiger partial charge in [-0.25, -0.2) is 0 Å². The molecule has 55 heavy (non-hydrogen) atoms. The zero-order valence-corrected chi connectivity index (χ0v) is 31.5. The summed E-state index contributed by atoms with van der Waals surface area (Å²) in [4.78, 5) is 0. The minimum absolute atomic E-state index is 0.0707. The van der Waals surface area contributed by atoms with Gasteiger partial charge >= 0.3 is 8.60 Å². The molecule has 0 fully saturated rings. The Kier molecular flexibility index (Phi) is 11.3. The van der Waals surface area contributed by atoms with Gasteiger partial charge in [-0.05, 0) is 97.7 Å². The second-order valence-electron chi connectivity index (χ2n) is 12.6. The van der Waals surface area contributed by atoms with E-state index in [0.29, 0.717) is 17.1 Å². The molecule has 0 aliphatic carbocycles. The number of fused-ring (bicyclic) bond motifs is 4. The van der Waals surface area contributed by atoms with Gasteiger partial charge in [-0.1, -0.05) is 140 Å². The molecular weight excluding hydrogens is 722 g/mol. The van der Waals surface area contributed by atoms with E-state index in [1.165, 1.54) is 21.5 Å². The molecule has 9 aromatic carbocycles. The summed E-state index contributed by atoms with van der Waals surface area (Å²) in [5, 5.41) is 19.3. The highest BCUT2D eigenvalue weighted by Gasteiger charge is 2.19. The van der Waals surface area contributed by atoms with Crippen molar-refractivity contribution in [2.24, 2.45) is 0 Å². The van der Waals surface area contributed by atoms with Gasteiger partial charge in [-0.2, -0.15) is 0 Å². The predicted octanol–water partition coefficient (Wildman–Crippen LogP) is 13.6. The minimum Gasteiger partial charge on any atom is -0.508 e. The summed E-state index contributed by atoms with van der Waals surface area (Å²) in [7, 11) is -1.84. The number of hydrogen-bond acceptors (Lipinski definition) is 6. The van der Waals surface area contributed by atoms with Crippen LogP contribution in [0.15, 0.2) is 194 Å². The molecule has 6 nitrogen and oxygen atoms in total. The number of benzene rings is 9. The Morgan fingerprint density at radius 1 is 0.382 bits per heavy atom. The zero-order chi connectivity index (χ0) is 37.2. The quantitative estimate of drug-likeness (QED) is 0.133. The molecule has 0 spiro atoms. The number of aromatic hydroxyl groups is 1. The molecule has 0 aliphatic rings. The Bertz CT molecular complexity index is 2540. The number of para-hydroxylation sites is 1. The first-order chi connectivity index (χ1) is 27.1. The maximum atomic E-state index is 10.1. The highest BCUT2D eigenvalue weighted by atomic mass is 31.2. The molecule has 0 unspecified atom stereocenters. The van der Waals surface area contributed by atoms with E-state index in [0.717, 1.165) is 33.0 Å². The van der Waals surface area contributed by atoms with Crippen LogP contribution in [-0.2, 0) is 11.1 Å². The molecule has 270 valence electrons. The standard InChI is InChI=1S/C27H21O4P.C20H15O2P/c28-27-12-6-5-11-24(27)19-29-32(30-25-15-13-20-7-1-3-9-22(20)17-25)31-26-16-14-21-8-2-4-10-23(21)18-26;1-3-7-17-13-19(11-9-15(17)5-1)21-23-22-20-12-10-16-6-2-4-8-18(16)14-20/h1-18,28H,19H2;1-14,23H. The lowest BCUT2D eigenvalue weighted by Crippen LogP contribution is -2.01. The fourth-order valence-corrected chi connectivity index (χ4v) is 7.47. The fourth-order valence-electron chi connectivity index (χ4n) is 6.03. The summed E-state index contributed by atoms with van der Waals surface area (Å²) < 4.78 is 29.8. The second-order valence-corrected chi connectivity index (χ2v) is 14.3. The third kappa shape index (κ3) is 9.32. The van der Waals surface area contributed by atoms with Crippen molar-refractivity contribution in [3.63, 3.8) is 0 Å². The lowest BCUT2D eigenvalue weighted by Gasteiger charge is -2.18. The third-order valence-corrected chi connectivity index (χ3v) is 10.6. The molecule has 0 aromatic heterocycles. The Balaban J connectivity index is 0.000000164. The Morgan fingerprint density at radius 2 is 0.727 bits per heavy atom. The van der Waals surface area contributed by atoms with E-state index >= 15 is 0 Å². The van der Waals surface area contributed by atoms with Crippen molar-refractivity contribution in [2.75, 3.05) is 0 Å². The highest BCUT2D eigenvalue weighted by molar-refractivity contribution is 7.42. The molecule has 8 heteroatoms. The molecule has 0 saturated heterocycles. The molecular formula is C47H36O6P2. The summed E-state index contributed by atoms with van der Waals surface area (Å²) in [6.45, 7) is 0.166. The van der Waals surface area contributed by atoms with Gasteiger partial charge < -0.3 is 23.2 Å². The van der Waals surface area contributed by atoms with Crippen molar-refractivity contribution in [2.45, 2.75) is 6.61 Å². The topological polar surface area (TPSA) is 66.4 Å². The normalized spacial score (nSPS) is 11.0. The van der Waals surface area contributed by atoms with E-state index in [9.17, 15) is 5.11 Å². The maximum absolute atomic E-state index is 10.1. The number of phenols is 1. The van der Waals surface area contributed by atoms with Crippen LogP contribution in [0.5, 0.6) is 28.7 Å². The largest absolute Gasteiger partial charge is 0.508 e. The van der Waals surface area contributed by atoms with Crippen molar-refractivity contribution >= 4 is 60.7 Å². The van der Waals surface area contributed by atoms with E-state index in [-0.39, 0.29) is 21.4 Å². The van der Waals surface area contributed by atoms with E-state index in [4.69, 9.17) is 22.6 Å². The molecule has 0 atom stereocenters. The maximum Gasteiger partial charge on any atom is 0.463 e. The van der Waals surface area contributed by atoms with Crippen LogP contribution in [0.2, 0.25) is 0 Å². The van der Waals surface area contributed by atoms with Crippen LogP contribution in [0.25, 0.3) is 43.1 Å². The molecule has 9 aromatic rings. The SMILES string of the molecule is Oc1ccccc1COP(Oc1ccc2ccccc2c1)Oc1ccc2ccccc2c1.c1ccc2cc(OPOc3ccc4ccccc4c3)ccc2c1. The Labute approximate surface area is 322 Å². The van der Waals surface area contributed by atoms with Gasteiger partial charge in [0.05, 0.1) is 6.61 Å². The van der Waals surface area contributed by atoms with Gasteiger partial charge in [0.1, 0.15) is 28.7 Å². The summed E-state index contributed by atoms with van der Waals surface area (Å²) in [5.41, 5.74) is 0.671. The summed E-state index contributed by atoms with van der Waals surface area (Å²) in [6, 6.07) is 63.7. The average Bonchev–Trinajstić information content (AvgIpc) is 3.23. The number of phenolic OH excluding ortho intramolecular Hbond substituents is 1. The molecule has 0 amide bonds. The summed E-state index contributed by atoms with van der Waals surface area (Å²) >= 11 is 0. The molecule has 0 bridgehead atoms. The van der Waals surface area contributed by atoms with Crippen molar-refractivity contribution in [1.29, 1.82) is 0 Å². The van der Waals surface area contributed by atoms with Gasteiger partial charge in [0, 0.05) is 5.56 Å². The van der Waals surface area contributed by atoms with Gasteiger partial charge in [0.25, 0.3) is 9.03 Å². The number of hydrogen-bond donors (Lipinski definition) is 1. The van der Waals surface area contributed by atoms with Crippen LogP contribution >= 0.6 is 17.6 Å². The first kappa shape index (κ1) is 35.8. The second kappa shape index (κ2) is 17.3. The fraction of sp³-hybridized carbons (Fsp3) is 0.0213. The third-order valence-electron chi connectivity index (χ3n) is 8.88. The zero-order valence-electron chi connectivity index (χ0n) is 29.6. The molecule has 1 N–H and O–H groups in total. The van der Waals surface area contributed by atoms with Crippen molar-refractivity contribution in [1.82, 2.24) is 0 Å². The Morgan fingerprint density at radius 3 is 1.15 bits per heavy atom. The first-order valence-electron chi connectivity index (χ1n) is 17.7. The van der Waals surface area contributed by atoms with E-state index in [1.807, 2.05) is 133 Å². The van der Waals surface area contributed by atoms with Crippen molar-refractivity contribution in [3.8, 4) is 28.7 Å². The lowest BCUT2D eigenvalue weighted by molar-refractivity contribution is 0.253. The van der Waals surface area contributed by atoms with Crippen LogP contribution in [0, 0.1) is 0 Å². The van der Waals surface area contributed by atoms with Gasteiger partial charge in [-0.3, -0.25) is 4.52 Å². The highest BCUT2D eigenvalue weighted by Crippen LogP contribution is 2.44. The van der Waals surface area contributed by atoms with Crippen molar-refractivity contribution in [3.05, 3.63) is 200 Å². The van der Waals surface area contributed by atoms with Gasteiger partial charge in [0.2, 0.25) is 0 Å². The van der Waals surface area contributed by atoms with Crippen LogP contribution in [0.1, 0.15) is 5.56 Å². The lowest BCUT2D eigenvalue weighted by atomic mass is 10.1. The Hall–Kier alpha value is -6.16. The predicted molar refractivity (Wildman–Crippen MR) is 226 cm³/mol. The molecule has 0 saturated carbocycles. The monoisotopic (exact) mass is 758 g/mol. The van der Waals surface area contributed by atoms with Crippen molar-refractivity contribution < 1.29 is 27.7 Å². The number of rotatable bonds is 11. The van der Waals surface area contributed by atoms with E-state index in [2.05, 4.69) is 48.5 Å². The summed E-state index contributed by atoms with van der Waals surface area (Å²) in [6.07, 6.45) is 0. The van der Waals surface area contributed by atoms with Crippen LogP contribution in [-0.4, -0.2) is 5.11 Å². The van der Waals surface area contributed by atoms with Gasteiger partial charge in [0.15, 0.2) is 0 Å². The van der Waals surface area contributed by atoms with Crippen LogP contribution < -0.4 is 18.1 Å². The molecule has 0 radical (unpaired) electrons. The average molecular weight is 759 g/mol. The van der Waals surface area contributed by atoms with Gasteiger partial charge in [-0.15, -0.1) is 0 Å². The van der Waals surface area contributed by atoms with Crippen LogP contribution in [0.3, 0.4) is 0 Å². The minimum atomic E-state index is -1.77. The van der Waals surface area contributed by atoms with E-state index < -0.39 is 8.60 Å². The van der Waals surface area contributed by atoms with E-state index in [1.54, 1.807) is 12.1 Å². The summed E-state index contributed by atoms with van der Waals surface area (Å²) in [5.74, 6) is 3.14. The van der Waals surface area contributed by atoms with Crippen LogP contribution in [0.4, 0.5) is 0 Å². The molecule has 9 rings (SSSR count). The molecule has 0 heterocycles.